The lowest BCUT2D eigenvalue weighted by atomic mass is 9.96. The lowest BCUT2D eigenvalue weighted by molar-refractivity contribution is 0.0784. The predicted octanol–water partition coefficient (Wildman–Crippen LogP) is 2.44. The summed E-state index contributed by atoms with van der Waals surface area (Å²) in [5.41, 5.74) is 0.432. The molecular weight excluding hydrogens is 214 g/mol. The zero-order valence-corrected chi connectivity index (χ0v) is 10.8. The average Bonchev–Trinajstić information content (AvgIpc) is 2.28. The molecule has 94 valence electrons. The van der Waals surface area contributed by atoms with Crippen molar-refractivity contribution in [2.45, 2.75) is 39.2 Å². The Balaban J connectivity index is 2.74. The van der Waals surface area contributed by atoms with Crippen molar-refractivity contribution in [3.8, 4) is 0 Å². The smallest absolute Gasteiger partial charge is 0.251 e. The number of unbranched alkanes of at least 4 members (excludes halogenated alkanes) is 1. The van der Waals surface area contributed by atoms with Crippen LogP contribution in [0.4, 0.5) is 0 Å². The molecule has 0 unspecified atom stereocenters. The van der Waals surface area contributed by atoms with Crippen LogP contribution in [0.15, 0.2) is 24.3 Å². The van der Waals surface area contributed by atoms with Gasteiger partial charge in [-0.15, -0.1) is 0 Å². The Morgan fingerprint density at radius 1 is 1.41 bits per heavy atom. The quantitative estimate of drug-likeness (QED) is 0.770. The number of carbonyl (C=O) groups is 1. The van der Waals surface area contributed by atoms with Crippen LogP contribution in [-0.4, -0.2) is 17.6 Å². The van der Waals surface area contributed by atoms with Gasteiger partial charge in [0.15, 0.2) is 0 Å². The maximum Gasteiger partial charge on any atom is 0.251 e. The molecule has 0 saturated carbocycles. The van der Waals surface area contributed by atoms with Gasteiger partial charge in [-0.1, -0.05) is 25.5 Å². The molecule has 0 saturated heterocycles. The van der Waals surface area contributed by atoms with E-state index in [0.717, 1.165) is 18.4 Å². The summed E-state index contributed by atoms with van der Waals surface area (Å²) in [5.74, 6) is -0.0791. The maximum atomic E-state index is 11.8. The first kappa shape index (κ1) is 13.7. The molecule has 0 aliphatic heterocycles. The van der Waals surface area contributed by atoms with Gasteiger partial charge in [0.05, 0.1) is 5.60 Å². The molecule has 0 aliphatic rings. The van der Waals surface area contributed by atoms with Crippen LogP contribution >= 0.6 is 0 Å². The van der Waals surface area contributed by atoms with E-state index < -0.39 is 5.60 Å². The maximum absolute atomic E-state index is 11.8. The van der Waals surface area contributed by atoms with Crippen molar-refractivity contribution in [1.29, 1.82) is 0 Å². The van der Waals surface area contributed by atoms with Gasteiger partial charge >= 0.3 is 0 Å². The molecule has 3 nitrogen and oxygen atoms in total. The predicted molar refractivity (Wildman–Crippen MR) is 68.9 cm³/mol. The van der Waals surface area contributed by atoms with Crippen LogP contribution in [0.25, 0.3) is 0 Å². The van der Waals surface area contributed by atoms with E-state index in [2.05, 4.69) is 12.2 Å². The minimum atomic E-state index is -0.917. The Bertz CT molecular complexity index is 380. The van der Waals surface area contributed by atoms with Crippen molar-refractivity contribution in [2.75, 3.05) is 6.54 Å². The molecule has 0 aliphatic carbocycles. The molecule has 0 fully saturated rings. The van der Waals surface area contributed by atoms with Gasteiger partial charge in [-0.25, -0.2) is 0 Å². The van der Waals surface area contributed by atoms with Crippen LogP contribution in [0.3, 0.4) is 0 Å². The Morgan fingerprint density at radius 3 is 2.71 bits per heavy atom. The van der Waals surface area contributed by atoms with E-state index in [-0.39, 0.29) is 5.91 Å². The number of amides is 1. The molecule has 0 radical (unpaired) electrons. The highest BCUT2D eigenvalue weighted by atomic mass is 16.3. The third-order valence-corrected chi connectivity index (χ3v) is 2.65. The van der Waals surface area contributed by atoms with Crippen molar-refractivity contribution in [1.82, 2.24) is 5.32 Å². The van der Waals surface area contributed by atoms with E-state index >= 15 is 0 Å². The third-order valence-electron chi connectivity index (χ3n) is 2.65. The SMILES string of the molecule is CCCCNC(=O)c1cccc(C(C)(C)O)c1. The van der Waals surface area contributed by atoms with Gasteiger partial charge in [0.25, 0.3) is 5.91 Å². The largest absolute Gasteiger partial charge is 0.386 e. The summed E-state index contributed by atoms with van der Waals surface area (Å²) >= 11 is 0. The Kier molecular flexibility index (Phi) is 4.70. The van der Waals surface area contributed by atoms with Gasteiger partial charge in [0.1, 0.15) is 0 Å². The van der Waals surface area contributed by atoms with Gasteiger partial charge in [0, 0.05) is 12.1 Å². The summed E-state index contributed by atoms with van der Waals surface area (Å²) in [7, 11) is 0. The second-order valence-electron chi connectivity index (χ2n) is 4.75. The van der Waals surface area contributed by atoms with Crippen LogP contribution in [0.5, 0.6) is 0 Å². The minimum absolute atomic E-state index is 0.0791. The minimum Gasteiger partial charge on any atom is -0.386 e. The fraction of sp³-hybridized carbons (Fsp3) is 0.500. The summed E-state index contributed by atoms with van der Waals surface area (Å²) in [6, 6.07) is 7.11. The van der Waals surface area contributed by atoms with Crippen molar-refractivity contribution < 1.29 is 9.90 Å². The molecule has 1 aromatic carbocycles. The third kappa shape index (κ3) is 4.19. The molecule has 0 aromatic heterocycles. The highest BCUT2D eigenvalue weighted by molar-refractivity contribution is 5.94. The average molecular weight is 235 g/mol. The summed E-state index contributed by atoms with van der Waals surface area (Å²) in [5, 5.41) is 12.7. The highest BCUT2D eigenvalue weighted by Crippen LogP contribution is 2.20. The van der Waals surface area contributed by atoms with E-state index in [1.807, 2.05) is 6.07 Å². The number of aliphatic hydroxyl groups is 1. The lowest BCUT2D eigenvalue weighted by Crippen LogP contribution is -2.25. The second kappa shape index (κ2) is 5.82. The first-order chi connectivity index (χ1) is 7.95. The fourth-order valence-corrected chi connectivity index (χ4v) is 1.52. The van der Waals surface area contributed by atoms with E-state index in [1.54, 1.807) is 32.0 Å². The van der Waals surface area contributed by atoms with Gasteiger partial charge in [-0.05, 0) is 38.0 Å². The molecule has 0 spiro atoms. The van der Waals surface area contributed by atoms with Gasteiger partial charge in [-0.2, -0.15) is 0 Å². The topological polar surface area (TPSA) is 49.3 Å². The first-order valence-corrected chi connectivity index (χ1v) is 6.06. The van der Waals surface area contributed by atoms with Crippen molar-refractivity contribution in [3.63, 3.8) is 0 Å². The van der Waals surface area contributed by atoms with E-state index in [4.69, 9.17) is 0 Å². The Morgan fingerprint density at radius 2 is 2.12 bits per heavy atom. The molecule has 1 amide bonds. The lowest BCUT2D eigenvalue weighted by Gasteiger charge is -2.18. The number of hydrogen-bond donors (Lipinski definition) is 2. The number of hydrogen-bond acceptors (Lipinski definition) is 2. The number of nitrogens with one attached hydrogen (secondary N) is 1. The van der Waals surface area contributed by atoms with Crippen molar-refractivity contribution in [2.24, 2.45) is 0 Å². The molecule has 17 heavy (non-hydrogen) atoms. The molecule has 1 rings (SSSR count). The molecule has 0 bridgehead atoms. The fourth-order valence-electron chi connectivity index (χ4n) is 1.52. The van der Waals surface area contributed by atoms with Crippen LogP contribution in [0.1, 0.15) is 49.5 Å². The summed E-state index contributed by atoms with van der Waals surface area (Å²) in [6.07, 6.45) is 2.04. The summed E-state index contributed by atoms with van der Waals surface area (Å²) in [6.45, 7) is 6.20. The van der Waals surface area contributed by atoms with Crippen LogP contribution in [0.2, 0.25) is 0 Å². The van der Waals surface area contributed by atoms with Crippen molar-refractivity contribution >= 4 is 5.91 Å². The molecule has 1 aromatic rings. The number of rotatable bonds is 5. The highest BCUT2D eigenvalue weighted by Gasteiger charge is 2.17. The first-order valence-electron chi connectivity index (χ1n) is 6.06. The Hall–Kier alpha value is -1.35. The van der Waals surface area contributed by atoms with Crippen LogP contribution in [-0.2, 0) is 5.60 Å². The zero-order chi connectivity index (χ0) is 12.9. The zero-order valence-electron chi connectivity index (χ0n) is 10.8. The van der Waals surface area contributed by atoms with Crippen LogP contribution < -0.4 is 5.32 Å². The van der Waals surface area contributed by atoms with Gasteiger partial charge < -0.3 is 10.4 Å². The van der Waals surface area contributed by atoms with Gasteiger partial charge in [-0.3, -0.25) is 4.79 Å². The Labute approximate surface area is 103 Å². The van der Waals surface area contributed by atoms with E-state index in [1.165, 1.54) is 0 Å². The molecule has 2 N–H and O–H groups in total. The number of benzene rings is 1. The molecule has 0 atom stereocenters. The monoisotopic (exact) mass is 235 g/mol. The van der Waals surface area contributed by atoms with Crippen LogP contribution in [0, 0.1) is 0 Å². The van der Waals surface area contributed by atoms with Gasteiger partial charge in [0.2, 0.25) is 0 Å². The van der Waals surface area contributed by atoms with E-state index in [0.29, 0.717) is 12.1 Å². The molecular formula is C14H21NO2. The normalized spacial score (nSPS) is 11.3. The number of carbonyl (C=O) groups excluding carboxylic acids is 1. The summed E-state index contributed by atoms with van der Waals surface area (Å²) < 4.78 is 0. The van der Waals surface area contributed by atoms with E-state index in [9.17, 15) is 9.90 Å². The van der Waals surface area contributed by atoms with Crippen molar-refractivity contribution in [3.05, 3.63) is 35.4 Å². The standard InChI is InChI=1S/C14H21NO2/c1-4-5-9-15-13(16)11-7-6-8-12(10-11)14(2,3)17/h6-8,10,17H,4-5,9H2,1-3H3,(H,15,16). The molecule has 0 heterocycles. The summed E-state index contributed by atoms with van der Waals surface area (Å²) in [4.78, 5) is 11.8. The molecule has 3 heteroatoms. The second-order valence-corrected chi connectivity index (χ2v) is 4.75.